The van der Waals surface area contributed by atoms with E-state index in [0.717, 1.165) is 16.3 Å². The van der Waals surface area contributed by atoms with Crippen LogP contribution in [0.3, 0.4) is 0 Å². The first-order valence-corrected chi connectivity index (χ1v) is 9.58. The molecule has 0 aliphatic carbocycles. The Morgan fingerprint density at radius 1 is 1.17 bits per heavy atom. The summed E-state index contributed by atoms with van der Waals surface area (Å²) in [6.07, 6.45) is -3.09. The van der Waals surface area contributed by atoms with E-state index in [2.05, 4.69) is 10.3 Å². The SMILES string of the molecule is Cc1ccc(NC(=O)CSc2ncc(-c3ccccc3)n2CC(F)(F)F)cc1F. The molecule has 152 valence electrons. The van der Waals surface area contributed by atoms with Crippen molar-refractivity contribution in [2.24, 2.45) is 0 Å². The van der Waals surface area contributed by atoms with E-state index in [0.29, 0.717) is 16.8 Å². The molecule has 0 fully saturated rings. The first-order chi connectivity index (χ1) is 13.7. The Morgan fingerprint density at radius 3 is 2.55 bits per heavy atom. The Morgan fingerprint density at radius 2 is 1.90 bits per heavy atom. The van der Waals surface area contributed by atoms with E-state index in [1.165, 1.54) is 18.3 Å². The molecular weight excluding hydrogens is 406 g/mol. The number of anilines is 1. The number of alkyl halides is 3. The van der Waals surface area contributed by atoms with E-state index in [1.807, 2.05) is 0 Å². The molecule has 1 aromatic heterocycles. The van der Waals surface area contributed by atoms with Crippen molar-refractivity contribution in [3.05, 3.63) is 66.1 Å². The van der Waals surface area contributed by atoms with E-state index in [9.17, 15) is 22.4 Å². The van der Waals surface area contributed by atoms with Crippen molar-refractivity contribution < 1.29 is 22.4 Å². The zero-order chi connectivity index (χ0) is 21.0. The summed E-state index contributed by atoms with van der Waals surface area (Å²) in [6.45, 7) is 0.381. The van der Waals surface area contributed by atoms with Gasteiger partial charge in [0, 0.05) is 5.69 Å². The number of imidazole rings is 1. The maximum absolute atomic E-state index is 13.6. The highest BCUT2D eigenvalue weighted by Gasteiger charge is 2.31. The van der Waals surface area contributed by atoms with E-state index in [1.54, 1.807) is 43.3 Å². The number of carbonyl (C=O) groups excluding carboxylic acids is 1. The van der Waals surface area contributed by atoms with E-state index in [-0.39, 0.29) is 16.6 Å². The lowest BCUT2D eigenvalue weighted by atomic mass is 10.2. The van der Waals surface area contributed by atoms with Gasteiger partial charge in [0.25, 0.3) is 0 Å². The van der Waals surface area contributed by atoms with Gasteiger partial charge in [-0.15, -0.1) is 0 Å². The fourth-order valence-corrected chi connectivity index (χ4v) is 3.42. The van der Waals surface area contributed by atoms with Crippen molar-refractivity contribution >= 4 is 23.4 Å². The Hall–Kier alpha value is -2.81. The first-order valence-electron chi connectivity index (χ1n) is 8.59. The standard InChI is InChI=1S/C20H17F4N3OS/c1-13-7-8-15(9-16(13)21)26-18(28)11-29-19-25-10-17(14-5-3-2-4-6-14)27(19)12-20(22,23)24/h2-10H,11-12H2,1H3,(H,26,28). The zero-order valence-corrected chi connectivity index (χ0v) is 16.1. The molecule has 0 saturated carbocycles. The topological polar surface area (TPSA) is 46.9 Å². The lowest BCUT2D eigenvalue weighted by molar-refractivity contribution is -0.141. The molecular formula is C20H17F4N3OS. The Labute approximate surface area is 169 Å². The van der Waals surface area contributed by atoms with E-state index < -0.39 is 24.4 Å². The van der Waals surface area contributed by atoms with Crippen LogP contribution in [0, 0.1) is 12.7 Å². The molecule has 1 amide bonds. The maximum atomic E-state index is 13.6. The predicted octanol–water partition coefficient (Wildman–Crippen LogP) is 5.29. The molecule has 0 spiro atoms. The number of aromatic nitrogens is 2. The van der Waals surface area contributed by atoms with Gasteiger partial charge in [0.2, 0.25) is 5.91 Å². The average molecular weight is 423 g/mol. The maximum Gasteiger partial charge on any atom is 0.406 e. The minimum absolute atomic E-state index is 0.0754. The Kier molecular flexibility index (Phi) is 6.26. The number of halogens is 4. The smallest absolute Gasteiger partial charge is 0.325 e. The van der Waals surface area contributed by atoms with Crippen LogP contribution in [0.5, 0.6) is 0 Å². The molecule has 0 aliphatic heterocycles. The monoisotopic (exact) mass is 423 g/mol. The van der Waals surface area contributed by atoms with Crippen LogP contribution in [0.4, 0.5) is 23.2 Å². The van der Waals surface area contributed by atoms with Gasteiger partial charge in [-0.2, -0.15) is 13.2 Å². The first kappa shape index (κ1) is 20.9. The van der Waals surface area contributed by atoms with E-state index in [4.69, 9.17) is 0 Å². The lowest BCUT2D eigenvalue weighted by Crippen LogP contribution is -2.20. The van der Waals surface area contributed by atoms with Gasteiger partial charge in [-0.25, -0.2) is 9.37 Å². The minimum Gasteiger partial charge on any atom is -0.325 e. The molecule has 3 aromatic rings. The van der Waals surface area contributed by atoms with Crippen LogP contribution >= 0.6 is 11.8 Å². The van der Waals surface area contributed by atoms with Crippen LogP contribution in [0.25, 0.3) is 11.3 Å². The van der Waals surface area contributed by atoms with Crippen LogP contribution in [-0.4, -0.2) is 27.4 Å². The number of amides is 1. The summed E-state index contributed by atoms with van der Waals surface area (Å²) in [7, 11) is 0. The number of benzene rings is 2. The minimum atomic E-state index is -4.44. The molecule has 1 heterocycles. The Bertz CT molecular complexity index is 1000. The van der Waals surface area contributed by atoms with Gasteiger partial charge in [-0.3, -0.25) is 4.79 Å². The van der Waals surface area contributed by atoms with Gasteiger partial charge in [0.15, 0.2) is 5.16 Å². The predicted molar refractivity (Wildman–Crippen MR) is 104 cm³/mol. The average Bonchev–Trinajstić information content (AvgIpc) is 3.04. The van der Waals surface area contributed by atoms with Crippen molar-refractivity contribution in [2.45, 2.75) is 24.8 Å². The van der Waals surface area contributed by atoms with E-state index >= 15 is 0 Å². The molecule has 2 aromatic carbocycles. The zero-order valence-electron chi connectivity index (χ0n) is 15.3. The number of aryl methyl sites for hydroxylation is 1. The van der Waals surface area contributed by atoms with Gasteiger partial charge in [-0.1, -0.05) is 48.2 Å². The summed E-state index contributed by atoms with van der Waals surface area (Å²) in [5, 5.41) is 2.60. The van der Waals surface area contributed by atoms with Crippen molar-refractivity contribution in [3.63, 3.8) is 0 Å². The molecule has 0 unspecified atom stereocenters. The second kappa shape index (κ2) is 8.69. The summed E-state index contributed by atoms with van der Waals surface area (Å²) < 4.78 is 53.9. The summed E-state index contributed by atoms with van der Waals surface area (Å²) in [6, 6.07) is 12.9. The molecule has 1 N–H and O–H groups in total. The van der Waals surface area contributed by atoms with Gasteiger partial charge in [-0.05, 0) is 30.2 Å². The second-order valence-electron chi connectivity index (χ2n) is 6.29. The fourth-order valence-electron chi connectivity index (χ4n) is 2.64. The molecule has 0 aliphatic rings. The largest absolute Gasteiger partial charge is 0.406 e. The van der Waals surface area contributed by atoms with Crippen LogP contribution < -0.4 is 5.32 Å². The molecule has 0 bridgehead atoms. The van der Waals surface area contributed by atoms with Crippen LogP contribution in [0.1, 0.15) is 5.56 Å². The summed E-state index contributed by atoms with van der Waals surface area (Å²) >= 11 is 0.884. The third-order valence-electron chi connectivity index (χ3n) is 4.01. The number of rotatable bonds is 6. The number of nitrogens with one attached hydrogen (secondary N) is 1. The number of nitrogens with zero attached hydrogens (tertiary/aromatic N) is 2. The molecule has 9 heteroatoms. The quantitative estimate of drug-likeness (QED) is 0.433. The third kappa shape index (κ3) is 5.60. The summed E-state index contributed by atoms with van der Waals surface area (Å²) in [4.78, 5) is 16.2. The molecule has 3 rings (SSSR count). The summed E-state index contributed by atoms with van der Waals surface area (Å²) in [5.74, 6) is -1.09. The van der Waals surface area contributed by atoms with Crippen molar-refractivity contribution in [2.75, 3.05) is 11.1 Å². The number of hydrogen-bond donors (Lipinski definition) is 1. The highest BCUT2D eigenvalue weighted by atomic mass is 32.2. The van der Waals surface area contributed by atoms with Gasteiger partial charge < -0.3 is 9.88 Å². The van der Waals surface area contributed by atoms with Crippen molar-refractivity contribution in [3.8, 4) is 11.3 Å². The second-order valence-corrected chi connectivity index (χ2v) is 7.24. The lowest BCUT2D eigenvalue weighted by Gasteiger charge is -2.14. The van der Waals surface area contributed by atoms with Crippen molar-refractivity contribution in [1.82, 2.24) is 9.55 Å². The molecule has 0 radical (unpaired) electrons. The normalized spacial score (nSPS) is 11.5. The number of hydrogen-bond acceptors (Lipinski definition) is 3. The van der Waals surface area contributed by atoms with Crippen molar-refractivity contribution in [1.29, 1.82) is 0 Å². The number of carbonyl (C=O) groups is 1. The summed E-state index contributed by atoms with van der Waals surface area (Å²) in [5.41, 5.74) is 1.63. The molecule has 0 atom stereocenters. The molecule has 0 saturated heterocycles. The Balaban J connectivity index is 1.75. The van der Waals surface area contributed by atoms with Gasteiger partial charge in [0.1, 0.15) is 12.4 Å². The van der Waals surface area contributed by atoms with Crippen LogP contribution in [-0.2, 0) is 11.3 Å². The highest BCUT2D eigenvalue weighted by molar-refractivity contribution is 7.99. The number of thioether (sulfide) groups is 1. The third-order valence-corrected chi connectivity index (χ3v) is 5.00. The van der Waals surface area contributed by atoms with Gasteiger partial charge >= 0.3 is 6.18 Å². The van der Waals surface area contributed by atoms with Gasteiger partial charge in [0.05, 0.1) is 17.6 Å². The van der Waals surface area contributed by atoms with Crippen LogP contribution in [0.2, 0.25) is 0 Å². The molecule has 4 nitrogen and oxygen atoms in total. The highest BCUT2D eigenvalue weighted by Crippen LogP contribution is 2.30. The fraction of sp³-hybridized carbons (Fsp3) is 0.200. The van der Waals surface area contributed by atoms with Crippen LogP contribution in [0.15, 0.2) is 59.9 Å². The molecule has 29 heavy (non-hydrogen) atoms.